The number of hydrogen-bond donors (Lipinski definition) is 1. The minimum absolute atomic E-state index is 0.124. The third kappa shape index (κ3) is 4.71. The Labute approximate surface area is 117 Å². The Balaban J connectivity index is 2.75. The second-order valence-corrected chi connectivity index (χ2v) is 4.09. The van der Waals surface area contributed by atoms with Gasteiger partial charge in [0.1, 0.15) is 12.6 Å². The van der Waals surface area contributed by atoms with Crippen LogP contribution in [0.2, 0.25) is 0 Å². The van der Waals surface area contributed by atoms with Crippen LogP contribution < -0.4 is 5.32 Å². The van der Waals surface area contributed by atoms with Crippen molar-refractivity contribution < 1.29 is 19.1 Å². The Hall–Kier alpha value is -2.39. The first-order valence-corrected chi connectivity index (χ1v) is 5.96. The van der Waals surface area contributed by atoms with Crippen LogP contribution in [0, 0.1) is 11.3 Å². The van der Waals surface area contributed by atoms with E-state index in [0.29, 0.717) is 5.56 Å². The molecule has 0 bridgehead atoms. The number of nitriles is 1. The van der Waals surface area contributed by atoms with Crippen LogP contribution in [0.1, 0.15) is 11.1 Å². The third-order valence-corrected chi connectivity index (χ3v) is 2.62. The van der Waals surface area contributed by atoms with Crippen molar-refractivity contribution in [2.24, 2.45) is 0 Å². The van der Waals surface area contributed by atoms with Crippen LogP contribution in [0.3, 0.4) is 0 Å². The van der Waals surface area contributed by atoms with E-state index in [0.717, 1.165) is 5.56 Å². The monoisotopic (exact) mass is 276 g/mol. The van der Waals surface area contributed by atoms with Crippen LogP contribution in [-0.2, 0) is 25.5 Å². The van der Waals surface area contributed by atoms with E-state index >= 15 is 0 Å². The van der Waals surface area contributed by atoms with Crippen molar-refractivity contribution in [3.05, 3.63) is 35.4 Å². The summed E-state index contributed by atoms with van der Waals surface area (Å²) in [5.41, 5.74) is 1.35. The lowest BCUT2D eigenvalue weighted by Crippen LogP contribution is -2.44. The number of carbonyl (C=O) groups is 2. The van der Waals surface area contributed by atoms with Gasteiger partial charge in [-0.2, -0.15) is 5.26 Å². The minimum Gasteiger partial charge on any atom is -0.467 e. The van der Waals surface area contributed by atoms with Crippen LogP contribution in [-0.4, -0.2) is 38.7 Å². The predicted molar refractivity (Wildman–Crippen MR) is 70.7 cm³/mol. The molecule has 1 N–H and O–H groups in total. The molecule has 1 amide bonds. The molecule has 6 nitrogen and oxygen atoms in total. The van der Waals surface area contributed by atoms with Gasteiger partial charge in [-0.25, -0.2) is 4.79 Å². The Morgan fingerprint density at radius 2 is 1.95 bits per heavy atom. The average Bonchev–Trinajstić information content (AvgIpc) is 2.46. The van der Waals surface area contributed by atoms with E-state index in [1.807, 2.05) is 6.07 Å². The quantitative estimate of drug-likeness (QED) is 0.760. The number of nitrogens with one attached hydrogen (secondary N) is 1. The lowest BCUT2D eigenvalue weighted by atomic mass is 10.0. The highest BCUT2D eigenvalue weighted by atomic mass is 16.5. The summed E-state index contributed by atoms with van der Waals surface area (Å²) in [6.07, 6.45) is 0.286. The van der Waals surface area contributed by atoms with Gasteiger partial charge in [0.25, 0.3) is 0 Å². The molecule has 0 aliphatic heterocycles. The van der Waals surface area contributed by atoms with Gasteiger partial charge in [0, 0.05) is 13.5 Å². The number of carbonyl (C=O) groups excluding carboxylic acids is 2. The van der Waals surface area contributed by atoms with Crippen LogP contribution in [0.25, 0.3) is 0 Å². The fourth-order valence-corrected chi connectivity index (χ4v) is 1.65. The first-order chi connectivity index (χ1) is 9.60. The molecule has 1 aromatic carbocycles. The molecule has 1 atom stereocenters. The minimum atomic E-state index is -0.782. The maximum absolute atomic E-state index is 11.6. The molecule has 6 heteroatoms. The van der Waals surface area contributed by atoms with E-state index in [1.54, 1.807) is 24.3 Å². The van der Waals surface area contributed by atoms with E-state index in [4.69, 9.17) is 10.00 Å². The Morgan fingerprint density at radius 1 is 1.30 bits per heavy atom. The zero-order valence-corrected chi connectivity index (χ0v) is 11.4. The van der Waals surface area contributed by atoms with E-state index in [9.17, 15) is 9.59 Å². The number of amides is 1. The molecule has 0 aliphatic carbocycles. The summed E-state index contributed by atoms with van der Waals surface area (Å²) < 4.78 is 9.36. The van der Waals surface area contributed by atoms with E-state index < -0.39 is 17.9 Å². The van der Waals surface area contributed by atoms with E-state index in [1.165, 1.54) is 14.2 Å². The van der Waals surface area contributed by atoms with Gasteiger partial charge < -0.3 is 14.8 Å². The van der Waals surface area contributed by atoms with Crippen molar-refractivity contribution >= 4 is 11.9 Å². The smallest absolute Gasteiger partial charge is 0.328 e. The van der Waals surface area contributed by atoms with Crippen LogP contribution in [0.4, 0.5) is 0 Å². The molecule has 1 aromatic rings. The van der Waals surface area contributed by atoms with Crippen molar-refractivity contribution in [1.29, 1.82) is 5.26 Å². The average molecular weight is 276 g/mol. The summed E-state index contributed by atoms with van der Waals surface area (Å²) in [6, 6.07) is 8.00. The van der Waals surface area contributed by atoms with Gasteiger partial charge in [-0.1, -0.05) is 12.1 Å². The lowest BCUT2D eigenvalue weighted by Gasteiger charge is -2.16. The van der Waals surface area contributed by atoms with Crippen molar-refractivity contribution in [3.63, 3.8) is 0 Å². The van der Waals surface area contributed by atoms with Gasteiger partial charge in [0.15, 0.2) is 0 Å². The summed E-state index contributed by atoms with van der Waals surface area (Å²) in [6.45, 7) is -0.124. The van der Waals surface area contributed by atoms with Gasteiger partial charge in [-0.05, 0) is 17.7 Å². The number of benzene rings is 1. The second kappa shape index (κ2) is 7.92. The fraction of sp³-hybridized carbons (Fsp3) is 0.357. The number of methoxy groups -OCH3 is 2. The Morgan fingerprint density at radius 3 is 2.45 bits per heavy atom. The van der Waals surface area contributed by atoms with Crippen LogP contribution >= 0.6 is 0 Å². The highest BCUT2D eigenvalue weighted by Gasteiger charge is 2.21. The zero-order valence-electron chi connectivity index (χ0n) is 11.4. The number of hydrogen-bond acceptors (Lipinski definition) is 5. The number of ether oxygens (including phenoxy) is 2. The zero-order chi connectivity index (χ0) is 15.0. The number of esters is 1. The second-order valence-electron chi connectivity index (χ2n) is 4.09. The molecule has 0 aromatic heterocycles. The molecule has 0 fully saturated rings. The predicted octanol–water partition coefficient (Wildman–Crippen LogP) is 0.405. The standard InChI is InChI=1S/C14H16N2O4/c1-19-9-13(17)16-12(14(18)20-2)7-10-3-5-11(8-15)6-4-10/h3-6,12H,7,9H2,1-2H3,(H,16,17)/t12-/m0/s1. The maximum Gasteiger partial charge on any atom is 0.328 e. The summed E-state index contributed by atoms with van der Waals surface area (Å²) in [7, 11) is 2.66. The van der Waals surface area contributed by atoms with Gasteiger partial charge in [0.05, 0.1) is 18.7 Å². The van der Waals surface area contributed by atoms with Crippen molar-refractivity contribution in [2.45, 2.75) is 12.5 Å². The molecule has 0 unspecified atom stereocenters. The largest absolute Gasteiger partial charge is 0.467 e. The molecule has 0 spiro atoms. The first-order valence-electron chi connectivity index (χ1n) is 5.96. The highest BCUT2D eigenvalue weighted by molar-refractivity contribution is 5.85. The number of rotatable bonds is 6. The molecule has 0 radical (unpaired) electrons. The summed E-state index contributed by atoms with van der Waals surface area (Å²) >= 11 is 0. The van der Waals surface area contributed by atoms with Crippen LogP contribution in [0.15, 0.2) is 24.3 Å². The van der Waals surface area contributed by atoms with E-state index in [-0.39, 0.29) is 13.0 Å². The number of nitrogens with zero attached hydrogens (tertiary/aromatic N) is 1. The fourth-order valence-electron chi connectivity index (χ4n) is 1.65. The van der Waals surface area contributed by atoms with Gasteiger partial charge in [-0.15, -0.1) is 0 Å². The Kier molecular flexibility index (Phi) is 6.20. The molecule has 1 rings (SSSR count). The molecular weight excluding hydrogens is 260 g/mol. The van der Waals surface area contributed by atoms with Gasteiger partial charge >= 0.3 is 5.97 Å². The Bertz CT molecular complexity index is 505. The summed E-state index contributed by atoms with van der Waals surface area (Å²) in [5.74, 6) is -0.921. The van der Waals surface area contributed by atoms with Crippen molar-refractivity contribution in [2.75, 3.05) is 20.8 Å². The lowest BCUT2D eigenvalue weighted by molar-refractivity contribution is -0.145. The van der Waals surface area contributed by atoms with Crippen molar-refractivity contribution in [1.82, 2.24) is 5.32 Å². The molecular formula is C14H16N2O4. The molecule has 0 saturated heterocycles. The molecule has 106 valence electrons. The highest BCUT2D eigenvalue weighted by Crippen LogP contribution is 2.07. The summed E-state index contributed by atoms with van der Waals surface area (Å²) in [5, 5.41) is 11.3. The molecule has 0 heterocycles. The van der Waals surface area contributed by atoms with E-state index in [2.05, 4.69) is 10.1 Å². The topological polar surface area (TPSA) is 88.4 Å². The third-order valence-electron chi connectivity index (χ3n) is 2.62. The van der Waals surface area contributed by atoms with Gasteiger partial charge in [-0.3, -0.25) is 4.79 Å². The van der Waals surface area contributed by atoms with Crippen molar-refractivity contribution in [3.8, 4) is 6.07 Å². The first kappa shape index (κ1) is 15.7. The van der Waals surface area contributed by atoms with Crippen LogP contribution in [0.5, 0.6) is 0 Å². The SMILES string of the molecule is COCC(=O)N[C@@H](Cc1ccc(C#N)cc1)C(=O)OC. The van der Waals surface area contributed by atoms with Gasteiger partial charge in [0.2, 0.25) is 5.91 Å². The molecule has 20 heavy (non-hydrogen) atoms. The normalized spacial score (nSPS) is 11.2. The summed E-state index contributed by atoms with van der Waals surface area (Å²) in [4.78, 5) is 23.1. The molecule has 0 aliphatic rings. The maximum atomic E-state index is 11.6. The molecule has 0 saturated carbocycles.